The predicted molar refractivity (Wildman–Crippen MR) is 102 cm³/mol. The van der Waals surface area contributed by atoms with E-state index in [9.17, 15) is 0 Å². The Morgan fingerprint density at radius 3 is 2.42 bits per heavy atom. The monoisotopic (exact) mass is 420 g/mol. The van der Waals surface area contributed by atoms with Crippen molar-refractivity contribution in [2.24, 2.45) is 0 Å². The van der Waals surface area contributed by atoms with Crippen molar-refractivity contribution in [3.8, 4) is 11.3 Å². The molecule has 0 radical (unpaired) electrons. The standard InChI is InChI=1S/C19H17BrN2S.ClH/c1-3-12-22-18(15-6-8-16(20)9-7-15)13-23-19(22)21-17-10-4-14(2)5-11-17;/h3-11,13H,1,12H2,2H3;1H. The van der Waals surface area contributed by atoms with Crippen molar-refractivity contribution in [2.45, 2.75) is 13.5 Å². The molecule has 1 N–H and O–H groups in total. The third-order valence-electron chi connectivity index (χ3n) is 3.57. The highest BCUT2D eigenvalue weighted by Gasteiger charge is 2.18. The maximum Gasteiger partial charge on any atom is 0.339 e. The zero-order valence-electron chi connectivity index (χ0n) is 13.3. The molecule has 0 saturated carbocycles. The second-order valence-corrected chi connectivity index (χ2v) is 7.10. The normalized spacial score (nSPS) is 10.1. The summed E-state index contributed by atoms with van der Waals surface area (Å²) in [7, 11) is 0. The summed E-state index contributed by atoms with van der Waals surface area (Å²) in [5, 5.41) is 6.80. The zero-order valence-corrected chi connectivity index (χ0v) is 16.5. The molecule has 0 aliphatic heterocycles. The molecule has 1 aromatic heterocycles. The van der Waals surface area contributed by atoms with Crippen LogP contribution in [0.5, 0.6) is 0 Å². The van der Waals surface area contributed by atoms with E-state index in [2.05, 4.69) is 93.2 Å². The molecule has 0 aliphatic carbocycles. The highest BCUT2D eigenvalue weighted by molar-refractivity contribution is 9.10. The van der Waals surface area contributed by atoms with E-state index in [1.807, 2.05) is 6.08 Å². The van der Waals surface area contributed by atoms with E-state index in [4.69, 9.17) is 0 Å². The molecule has 5 heteroatoms. The molecule has 24 heavy (non-hydrogen) atoms. The van der Waals surface area contributed by atoms with Gasteiger partial charge in [0.2, 0.25) is 0 Å². The van der Waals surface area contributed by atoms with Gasteiger partial charge in [-0.25, -0.2) is 9.88 Å². The first-order chi connectivity index (χ1) is 11.2. The SMILES string of the molecule is C=CC[n+]1c(-c2ccc(Br)cc2)csc1Nc1ccc(C)cc1.[Cl-]. The quantitative estimate of drug-likeness (QED) is 0.495. The molecule has 3 rings (SSSR count). The lowest BCUT2D eigenvalue weighted by Crippen LogP contribution is -3.00. The van der Waals surface area contributed by atoms with E-state index >= 15 is 0 Å². The highest BCUT2D eigenvalue weighted by atomic mass is 79.9. The van der Waals surface area contributed by atoms with Crippen LogP contribution in [0.3, 0.4) is 0 Å². The van der Waals surface area contributed by atoms with Crippen molar-refractivity contribution in [1.29, 1.82) is 0 Å². The van der Waals surface area contributed by atoms with Gasteiger partial charge in [0.05, 0.1) is 0 Å². The lowest BCUT2D eigenvalue weighted by Gasteiger charge is -2.04. The Balaban J connectivity index is 0.00000208. The molecule has 0 amide bonds. The Kier molecular flexibility index (Phi) is 6.60. The van der Waals surface area contributed by atoms with Crippen LogP contribution in [0.15, 0.2) is 71.0 Å². The Labute approximate surface area is 161 Å². The van der Waals surface area contributed by atoms with Gasteiger partial charge in [0.1, 0.15) is 17.9 Å². The van der Waals surface area contributed by atoms with Crippen molar-refractivity contribution in [3.63, 3.8) is 0 Å². The van der Waals surface area contributed by atoms with Crippen molar-refractivity contribution in [1.82, 2.24) is 0 Å². The number of nitrogens with zero attached hydrogens (tertiary/aromatic N) is 1. The summed E-state index contributed by atoms with van der Waals surface area (Å²) in [6, 6.07) is 16.8. The second-order valence-electron chi connectivity index (χ2n) is 5.32. The van der Waals surface area contributed by atoms with E-state index < -0.39 is 0 Å². The fourth-order valence-corrected chi connectivity index (χ4v) is 3.59. The number of halogens is 2. The number of allylic oxidation sites excluding steroid dienone is 1. The molecule has 1 heterocycles. The van der Waals surface area contributed by atoms with E-state index in [0.717, 1.165) is 21.8 Å². The average Bonchev–Trinajstić information content (AvgIpc) is 2.94. The summed E-state index contributed by atoms with van der Waals surface area (Å²) < 4.78 is 3.34. The first-order valence-electron chi connectivity index (χ1n) is 7.39. The smallest absolute Gasteiger partial charge is 0.339 e. The number of hydrogen-bond acceptors (Lipinski definition) is 2. The van der Waals surface area contributed by atoms with Crippen LogP contribution in [0.2, 0.25) is 0 Å². The Morgan fingerprint density at radius 1 is 1.12 bits per heavy atom. The van der Waals surface area contributed by atoms with Gasteiger partial charge in [-0.1, -0.05) is 57.6 Å². The van der Waals surface area contributed by atoms with E-state index in [0.29, 0.717) is 0 Å². The fraction of sp³-hybridized carbons (Fsp3) is 0.105. The minimum atomic E-state index is 0. The lowest BCUT2D eigenvalue weighted by molar-refractivity contribution is -0.657. The van der Waals surface area contributed by atoms with E-state index in [1.165, 1.54) is 16.8 Å². The summed E-state index contributed by atoms with van der Waals surface area (Å²) in [5.74, 6) is 0. The average molecular weight is 422 g/mol. The van der Waals surface area contributed by atoms with Gasteiger partial charge in [0.25, 0.3) is 0 Å². The van der Waals surface area contributed by atoms with Gasteiger partial charge in [0.15, 0.2) is 0 Å². The van der Waals surface area contributed by atoms with Crippen LogP contribution in [-0.2, 0) is 6.54 Å². The van der Waals surface area contributed by atoms with Crippen LogP contribution in [0.4, 0.5) is 10.8 Å². The van der Waals surface area contributed by atoms with Gasteiger partial charge in [-0.15, -0.1) is 0 Å². The highest BCUT2D eigenvalue weighted by Crippen LogP contribution is 2.26. The van der Waals surface area contributed by atoms with Crippen molar-refractivity contribution < 1.29 is 17.0 Å². The number of aryl methyl sites for hydroxylation is 1. The van der Waals surface area contributed by atoms with Crippen LogP contribution < -0.4 is 22.3 Å². The van der Waals surface area contributed by atoms with Crippen LogP contribution >= 0.6 is 27.3 Å². The second kappa shape index (κ2) is 8.47. The van der Waals surface area contributed by atoms with Crippen LogP contribution in [0.1, 0.15) is 5.56 Å². The first-order valence-corrected chi connectivity index (χ1v) is 9.06. The van der Waals surface area contributed by atoms with Gasteiger partial charge < -0.3 is 12.4 Å². The summed E-state index contributed by atoms with van der Waals surface area (Å²) in [6.45, 7) is 6.76. The first kappa shape index (κ1) is 18.7. The molecule has 0 atom stereocenters. The number of aromatic nitrogens is 1. The molecule has 2 nitrogen and oxygen atoms in total. The number of nitrogens with one attached hydrogen (secondary N) is 1. The minimum absolute atomic E-state index is 0. The maximum absolute atomic E-state index is 3.89. The number of anilines is 2. The molecule has 0 aliphatic rings. The number of hydrogen-bond donors (Lipinski definition) is 1. The topological polar surface area (TPSA) is 15.9 Å². The van der Waals surface area contributed by atoms with Crippen molar-refractivity contribution >= 4 is 38.1 Å². The summed E-state index contributed by atoms with van der Waals surface area (Å²) >= 11 is 5.20. The molecule has 124 valence electrons. The number of thiazole rings is 1. The Hall–Kier alpha value is -1.62. The Bertz CT molecular complexity index is 810. The van der Waals surface area contributed by atoms with E-state index in [-0.39, 0.29) is 12.4 Å². The van der Waals surface area contributed by atoms with Crippen LogP contribution in [0, 0.1) is 6.92 Å². The molecule has 0 bridgehead atoms. The third kappa shape index (κ3) is 4.26. The largest absolute Gasteiger partial charge is 1.00 e. The van der Waals surface area contributed by atoms with Gasteiger partial charge in [-0.2, -0.15) is 0 Å². The van der Waals surface area contributed by atoms with Gasteiger partial charge >= 0.3 is 5.13 Å². The number of rotatable bonds is 5. The van der Waals surface area contributed by atoms with Crippen molar-refractivity contribution in [2.75, 3.05) is 5.32 Å². The maximum atomic E-state index is 3.89. The molecule has 0 saturated heterocycles. The van der Waals surface area contributed by atoms with Gasteiger partial charge in [-0.05, 0) is 43.3 Å². The molecule has 0 spiro atoms. The fourth-order valence-electron chi connectivity index (χ4n) is 2.36. The minimum Gasteiger partial charge on any atom is -1.00 e. The van der Waals surface area contributed by atoms with Gasteiger partial charge in [0, 0.05) is 15.4 Å². The molecule has 3 aromatic rings. The third-order valence-corrected chi connectivity index (χ3v) is 4.99. The molecule has 0 unspecified atom stereocenters. The van der Waals surface area contributed by atoms with Crippen LogP contribution in [-0.4, -0.2) is 0 Å². The summed E-state index contributed by atoms with van der Waals surface area (Å²) in [5.41, 5.74) is 4.74. The van der Waals surface area contributed by atoms with E-state index in [1.54, 1.807) is 11.3 Å². The number of benzene rings is 2. The lowest BCUT2D eigenvalue weighted by atomic mass is 10.2. The zero-order chi connectivity index (χ0) is 16.2. The van der Waals surface area contributed by atoms with Crippen molar-refractivity contribution in [3.05, 3.63) is 76.6 Å². The summed E-state index contributed by atoms with van der Waals surface area (Å²) in [4.78, 5) is 0. The molecular weight excluding hydrogens is 404 g/mol. The summed E-state index contributed by atoms with van der Waals surface area (Å²) in [6.07, 6.45) is 1.93. The molecule has 0 fully saturated rings. The molecular formula is C19H18BrClN2S. The molecule has 2 aromatic carbocycles. The Morgan fingerprint density at radius 2 is 1.79 bits per heavy atom. The van der Waals surface area contributed by atoms with Crippen LogP contribution in [0.25, 0.3) is 11.3 Å². The van der Waals surface area contributed by atoms with Gasteiger partial charge in [-0.3, -0.25) is 0 Å². The predicted octanol–water partition coefficient (Wildman–Crippen LogP) is 2.71.